The Morgan fingerprint density at radius 1 is 1.45 bits per heavy atom. The molecule has 0 saturated heterocycles. The lowest BCUT2D eigenvalue weighted by atomic mass is 9.80. The Kier molecular flexibility index (Phi) is 4.49. The first-order valence-electron chi connectivity index (χ1n) is 8.12. The molecule has 122 valence electrons. The van der Waals surface area contributed by atoms with Crippen molar-refractivity contribution in [3.05, 3.63) is 17.0 Å². The van der Waals surface area contributed by atoms with Crippen LogP contribution in [0.2, 0.25) is 0 Å². The van der Waals surface area contributed by atoms with Gasteiger partial charge in [-0.2, -0.15) is 5.10 Å². The van der Waals surface area contributed by atoms with Gasteiger partial charge in [-0.05, 0) is 39.0 Å². The predicted octanol–water partition coefficient (Wildman–Crippen LogP) is 1.98. The van der Waals surface area contributed by atoms with Crippen LogP contribution in [0.15, 0.2) is 0 Å². The summed E-state index contributed by atoms with van der Waals surface area (Å²) in [6.07, 6.45) is 4.46. The van der Waals surface area contributed by atoms with E-state index >= 15 is 0 Å². The number of carbonyl (C=O) groups excluding carboxylic acids is 1. The molecule has 22 heavy (non-hydrogen) atoms. The van der Waals surface area contributed by atoms with Crippen LogP contribution in [-0.2, 0) is 15.9 Å². The Morgan fingerprint density at radius 2 is 2.23 bits per heavy atom. The highest BCUT2D eigenvalue weighted by Crippen LogP contribution is 2.32. The molecule has 1 amide bonds. The number of H-pyrrole nitrogens is 1. The van der Waals surface area contributed by atoms with Gasteiger partial charge in [0.25, 0.3) is 5.91 Å². The number of rotatable bonds is 5. The summed E-state index contributed by atoms with van der Waals surface area (Å²) in [5.74, 6) is 0.591. The molecule has 0 aromatic carbocycles. The minimum Gasteiger partial charge on any atom is -0.381 e. The topological polar surface area (TPSA) is 76.2 Å². The molecule has 2 heterocycles. The van der Waals surface area contributed by atoms with Crippen molar-refractivity contribution in [1.29, 1.82) is 0 Å². The maximum atomic E-state index is 12.3. The molecule has 1 aromatic rings. The van der Waals surface area contributed by atoms with Crippen molar-refractivity contribution in [3.8, 4) is 0 Å². The van der Waals surface area contributed by atoms with E-state index in [-0.39, 0.29) is 18.1 Å². The fourth-order valence-corrected chi connectivity index (χ4v) is 3.44. The number of aromatic nitrogens is 2. The lowest BCUT2D eigenvalue weighted by Gasteiger charge is -2.34. The van der Waals surface area contributed by atoms with Gasteiger partial charge >= 0.3 is 0 Å². The number of fused-ring (bicyclic) bond motifs is 1. The second kappa shape index (κ2) is 6.38. The highest BCUT2D eigenvalue weighted by Gasteiger charge is 2.30. The fraction of sp³-hybridized carbons (Fsp3) is 0.750. The van der Waals surface area contributed by atoms with E-state index < -0.39 is 0 Å². The number of carbonyl (C=O) groups is 1. The van der Waals surface area contributed by atoms with Gasteiger partial charge in [-0.1, -0.05) is 0 Å². The monoisotopic (exact) mass is 307 g/mol. The molecular weight excluding hydrogens is 282 g/mol. The van der Waals surface area contributed by atoms with Gasteiger partial charge in [-0.25, -0.2) is 0 Å². The number of hydrogen-bond donors (Lipinski definition) is 2. The number of aromatic amines is 1. The van der Waals surface area contributed by atoms with Crippen LogP contribution in [0.4, 0.5) is 0 Å². The highest BCUT2D eigenvalue weighted by molar-refractivity contribution is 5.94. The second-order valence-corrected chi connectivity index (χ2v) is 6.50. The Balaban J connectivity index is 1.53. The van der Waals surface area contributed by atoms with Crippen LogP contribution in [0.1, 0.15) is 61.0 Å². The number of amides is 1. The third kappa shape index (κ3) is 3.03. The van der Waals surface area contributed by atoms with Gasteiger partial charge in [0.15, 0.2) is 5.69 Å². The van der Waals surface area contributed by atoms with Crippen molar-refractivity contribution in [1.82, 2.24) is 15.5 Å². The molecule has 6 heteroatoms. The van der Waals surface area contributed by atoms with Crippen LogP contribution < -0.4 is 5.32 Å². The van der Waals surface area contributed by atoms with Crippen molar-refractivity contribution >= 4 is 5.91 Å². The molecule has 1 aliphatic carbocycles. The maximum absolute atomic E-state index is 12.3. The fourth-order valence-electron chi connectivity index (χ4n) is 3.44. The molecule has 0 bridgehead atoms. The van der Waals surface area contributed by atoms with E-state index in [1.165, 1.54) is 0 Å². The van der Waals surface area contributed by atoms with Crippen molar-refractivity contribution in [2.75, 3.05) is 13.7 Å². The van der Waals surface area contributed by atoms with Crippen LogP contribution in [0.25, 0.3) is 0 Å². The number of hydrogen-bond acceptors (Lipinski definition) is 4. The standard InChI is InChI=1S/C16H25N3O3/c1-9-6-13-14(10(2)22-9)18-19-15(13)16(20)17-5-4-11-7-12(8-11)21-3/h9-12H,4-8H2,1-3H3,(H,17,20)(H,18,19)/t9-,10+,11?,12?/m0/s1. The van der Waals surface area contributed by atoms with E-state index in [0.29, 0.717) is 24.3 Å². The first kappa shape index (κ1) is 15.5. The maximum Gasteiger partial charge on any atom is 0.272 e. The Bertz CT molecular complexity index is 537. The average molecular weight is 307 g/mol. The van der Waals surface area contributed by atoms with Gasteiger partial charge in [0.2, 0.25) is 0 Å². The van der Waals surface area contributed by atoms with Crippen molar-refractivity contribution in [3.63, 3.8) is 0 Å². The summed E-state index contributed by atoms with van der Waals surface area (Å²) in [5, 5.41) is 10.2. The lowest BCUT2D eigenvalue weighted by molar-refractivity contribution is -0.00697. The zero-order valence-corrected chi connectivity index (χ0v) is 13.5. The molecule has 0 radical (unpaired) electrons. The zero-order valence-electron chi connectivity index (χ0n) is 13.5. The first-order valence-corrected chi connectivity index (χ1v) is 8.12. The Labute approximate surface area is 130 Å². The van der Waals surface area contributed by atoms with Crippen molar-refractivity contribution in [2.45, 2.75) is 57.8 Å². The molecule has 1 fully saturated rings. The number of nitrogens with one attached hydrogen (secondary N) is 2. The normalized spacial score (nSPS) is 30.5. The van der Waals surface area contributed by atoms with Gasteiger partial charge < -0.3 is 14.8 Å². The summed E-state index contributed by atoms with van der Waals surface area (Å²) < 4.78 is 11.0. The summed E-state index contributed by atoms with van der Waals surface area (Å²) in [5.41, 5.74) is 2.47. The zero-order chi connectivity index (χ0) is 15.7. The molecule has 2 N–H and O–H groups in total. The second-order valence-electron chi connectivity index (χ2n) is 6.50. The SMILES string of the molecule is COC1CC(CCNC(=O)c2n[nH]c3c2C[C@H](C)O[C@@H]3C)C1. The number of nitrogens with zero attached hydrogens (tertiary/aromatic N) is 1. The Morgan fingerprint density at radius 3 is 2.95 bits per heavy atom. The van der Waals surface area contributed by atoms with E-state index in [1.807, 2.05) is 13.8 Å². The van der Waals surface area contributed by atoms with Crippen LogP contribution in [0.3, 0.4) is 0 Å². The predicted molar refractivity (Wildman–Crippen MR) is 81.7 cm³/mol. The van der Waals surface area contributed by atoms with E-state index in [2.05, 4.69) is 15.5 Å². The molecule has 1 saturated carbocycles. The Hall–Kier alpha value is -1.40. The van der Waals surface area contributed by atoms with E-state index in [1.54, 1.807) is 7.11 Å². The molecule has 1 aliphatic heterocycles. The van der Waals surface area contributed by atoms with Crippen LogP contribution >= 0.6 is 0 Å². The van der Waals surface area contributed by atoms with Crippen LogP contribution in [-0.4, -0.2) is 42.0 Å². The summed E-state index contributed by atoms with van der Waals surface area (Å²) in [4.78, 5) is 12.3. The quantitative estimate of drug-likeness (QED) is 0.872. The summed E-state index contributed by atoms with van der Waals surface area (Å²) in [6.45, 7) is 4.71. The van der Waals surface area contributed by atoms with Crippen molar-refractivity contribution in [2.24, 2.45) is 5.92 Å². The number of ether oxygens (including phenoxy) is 2. The molecule has 6 nitrogen and oxygen atoms in total. The van der Waals surface area contributed by atoms with Gasteiger partial charge in [-0.3, -0.25) is 9.89 Å². The largest absolute Gasteiger partial charge is 0.381 e. The summed E-state index contributed by atoms with van der Waals surface area (Å²) >= 11 is 0. The molecule has 2 aliphatic rings. The lowest BCUT2D eigenvalue weighted by Crippen LogP contribution is -2.34. The van der Waals surface area contributed by atoms with Gasteiger partial charge in [0.05, 0.1) is 24.0 Å². The minimum absolute atomic E-state index is 0.0336. The van der Waals surface area contributed by atoms with Crippen LogP contribution in [0, 0.1) is 5.92 Å². The molecule has 3 rings (SSSR count). The third-order valence-electron chi connectivity index (χ3n) is 4.81. The smallest absolute Gasteiger partial charge is 0.272 e. The van der Waals surface area contributed by atoms with Crippen LogP contribution in [0.5, 0.6) is 0 Å². The van der Waals surface area contributed by atoms with Gasteiger partial charge in [0.1, 0.15) is 0 Å². The van der Waals surface area contributed by atoms with E-state index in [0.717, 1.165) is 36.9 Å². The molecular formula is C16H25N3O3. The summed E-state index contributed by atoms with van der Waals surface area (Å²) in [7, 11) is 1.76. The van der Waals surface area contributed by atoms with Gasteiger partial charge in [0, 0.05) is 25.6 Å². The molecule has 1 aromatic heterocycles. The van der Waals surface area contributed by atoms with Crippen molar-refractivity contribution < 1.29 is 14.3 Å². The molecule has 0 spiro atoms. The first-order chi connectivity index (χ1) is 10.6. The number of methoxy groups -OCH3 is 1. The molecule has 2 atom stereocenters. The summed E-state index contributed by atoms with van der Waals surface area (Å²) in [6, 6.07) is 0. The third-order valence-corrected chi connectivity index (χ3v) is 4.81. The van der Waals surface area contributed by atoms with Gasteiger partial charge in [-0.15, -0.1) is 0 Å². The van der Waals surface area contributed by atoms with E-state index in [9.17, 15) is 4.79 Å². The van der Waals surface area contributed by atoms with E-state index in [4.69, 9.17) is 9.47 Å². The highest BCUT2D eigenvalue weighted by atomic mass is 16.5. The molecule has 0 unspecified atom stereocenters. The minimum atomic E-state index is -0.0820. The average Bonchev–Trinajstić information content (AvgIpc) is 2.85.